The van der Waals surface area contributed by atoms with Crippen LogP contribution in [0.3, 0.4) is 0 Å². The summed E-state index contributed by atoms with van der Waals surface area (Å²) in [5.41, 5.74) is -1.23. The van der Waals surface area contributed by atoms with Crippen molar-refractivity contribution in [3.05, 3.63) is 0 Å². The fourth-order valence-corrected chi connectivity index (χ4v) is 3.50. The molecule has 11 nitrogen and oxygen atoms in total. The number of ether oxygens (including phenoxy) is 1. The summed E-state index contributed by atoms with van der Waals surface area (Å²) in [4.78, 5) is 0. The van der Waals surface area contributed by atoms with Gasteiger partial charge >= 0.3 is 10.4 Å². The molecule has 1 rings (SSSR count). The monoisotopic (exact) mass is 405 g/mol. The molecule has 0 amide bonds. The molecule has 148 valence electrons. The Bertz CT molecular complexity index is 540. The third kappa shape index (κ3) is 7.32. The zero-order valence-electron chi connectivity index (χ0n) is 13.4. The van der Waals surface area contributed by atoms with Crippen LogP contribution in [0.1, 0.15) is 26.2 Å². The maximum atomic E-state index is 10.7. The molecule has 0 radical (unpaired) electrons. The number of nitrogens with zero attached hydrogens (tertiary/aromatic N) is 1. The highest BCUT2D eigenvalue weighted by molar-refractivity contribution is 8.14. The lowest BCUT2D eigenvalue weighted by atomic mass is 10.0. The predicted octanol–water partition coefficient (Wildman–Crippen LogP) is -1.80. The molecule has 1 unspecified atom stereocenters. The normalized spacial score (nSPS) is 32.4. The van der Waals surface area contributed by atoms with Crippen LogP contribution < -0.4 is 0 Å². The Hall–Kier alpha value is -0.510. The smallest absolute Gasteiger partial charge is 0.394 e. The van der Waals surface area contributed by atoms with Gasteiger partial charge < -0.3 is 30.3 Å². The maximum absolute atomic E-state index is 10.7. The molecule has 1 aliphatic heterocycles. The molecule has 0 bridgehead atoms. The highest BCUT2D eigenvalue weighted by Gasteiger charge is 2.44. The molecule has 25 heavy (non-hydrogen) atoms. The molecule has 6 atom stereocenters. The van der Waals surface area contributed by atoms with E-state index in [1.807, 2.05) is 6.92 Å². The largest absolute Gasteiger partial charge is 0.466 e. The van der Waals surface area contributed by atoms with Gasteiger partial charge in [0.15, 0.2) is 0 Å². The average molecular weight is 405 g/mol. The third-order valence-corrected chi connectivity index (χ3v) is 4.76. The van der Waals surface area contributed by atoms with Gasteiger partial charge in [-0.15, -0.1) is 0 Å². The van der Waals surface area contributed by atoms with Crippen molar-refractivity contribution in [3.63, 3.8) is 0 Å². The summed E-state index contributed by atoms with van der Waals surface area (Å²) in [7, 11) is -4.87. The van der Waals surface area contributed by atoms with E-state index >= 15 is 0 Å². The van der Waals surface area contributed by atoms with Gasteiger partial charge in [0.05, 0.1) is 12.7 Å². The van der Waals surface area contributed by atoms with Crippen LogP contribution in [0.2, 0.25) is 0 Å². The van der Waals surface area contributed by atoms with Crippen molar-refractivity contribution in [3.8, 4) is 0 Å². The van der Waals surface area contributed by atoms with Gasteiger partial charge in [0.1, 0.15) is 34.9 Å². The minimum Gasteiger partial charge on any atom is -0.394 e. The van der Waals surface area contributed by atoms with E-state index in [1.54, 1.807) is 0 Å². The minimum absolute atomic E-state index is 0.136. The Balaban J connectivity index is 2.90. The van der Waals surface area contributed by atoms with Crippen molar-refractivity contribution in [1.82, 2.24) is 0 Å². The Morgan fingerprint density at radius 3 is 2.44 bits per heavy atom. The van der Waals surface area contributed by atoms with Crippen molar-refractivity contribution >= 4 is 27.2 Å². The van der Waals surface area contributed by atoms with Gasteiger partial charge in [-0.25, -0.2) is 4.28 Å². The first-order chi connectivity index (χ1) is 11.6. The first-order valence-corrected chi connectivity index (χ1v) is 9.71. The van der Waals surface area contributed by atoms with E-state index in [9.17, 15) is 28.8 Å². The SMILES string of the molecule is CCCC(O)CC(=NOS(=O)(=O)O)S[C@@H]1O[C@H](CO)[C@@H](O)[C@H](O)[C@H]1O. The molecule has 1 aliphatic rings. The number of hydrogen-bond donors (Lipinski definition) is 6. The number of thioether (sulfide) groups is 1. The lowest BCUT2D eigenvalue weighted by Gasteiger charge is -2.39. The molecule has 0 aromatic heterocycles. The van der Waals surface area contributed by atoms with Crippen LogP contribution in [0.15, 0.2) is 5.16 Å². The Morgan fingerprint density at radius 1 is 1.28 bits per heavy atom. The highest BCUT2D eigenvalue weighted by atomic mass is 32.3. The summed E-state index contributed by atoms with van der Waals surface area (Å²) in [6, 6.07) is 0. The van der Waals surface area contributed by atoms with Gasteiger partial charge in [0, 0.05) is 6.42 Å². The molecule has 1 fully saturated rings. The summed E-state index contributed by atoms with van der Waals surface area (Å²) in [5.74, 6) is 0. The Labute approximate surface area is 149 Å². The van der Waals surface area contributed by atoms with Gasteiger partial charge in [0.2, 0.25) is 0 Å². The van der Waals surface area contributed by atoms with Crippen molar-refractivity contribution in [2.45, 2.75) is 62.1 Å². The molecular weight excluding hydrogens is 382 g/mol. The van der Waals surface area contributed by atoms with Gasteiger partial charge in [-0.1, -0.05) is 30.3 Å². The van der Waals surface area contributed by atoms with Crippen LogP contribution in [0.25, 0.3) is 0 Å². The summed E-state index contributed by atoms with van der Waals surface area (Å²) >= 11 is 0.629. The van der Waals surface area contributed by atoms with E-state index in [1.165, 1.54) is 0 Å². The van der Waals surface area contributed by atoms with E-state index < -0.39 is 53.0 Å². The van der Waals surface area contributed by atoms with Gasteiger partial charge in [-0.2, -0.15) is 8.42 Å². The molecule has 0 saturated carbocycles. The molecular formula is C12H23NO10S2. The van der Waals surface area contributed by atoms with E-state index in [2.05, 4.69) is 9.44 Å². The van der Waals surface area contributed by atoms with Crippen LogP contribution in [0, 0.1) is 0 Å². The molecule has 0 aliphatic carbocycles. The topological polar surface area (TPSA) is 186 Å². The number of hydrogen-bond acceptors (Lipinski definition) is 11. The molecule has 0 spiro atoms. The summed E-state index contributed by atoms with van der Waals surface area (Å²) in [6.45, 7) is 1.19. The van der Waals surface area contributed by atoms with E-state index in [0.29, 0.717) is 24.6 Å². The zero-order chi connectivity index (χ0) is 19.2. The second kappa shape index (κ2) is 9.99. The Morgan fingerprint density at radius 2 is 1.92 bits per heavy atom. The summed E-state index contributed by atoms with van der Waals surface area (Å²) in [6.07, 6.45) is -5.94. The first kappa shape index (κ1) is 22.5. The number of aliphatic hydroxyl groups is 5. The minimum atomic E-state index is -4.87. The molecule has 0 aromatic rings. The number of rotatable bonds is 8. The van der Waals surface area contributed by atoms with Gasteiger partial charge in [0.25, 0.3) is 0 Å². The molecule has 1 heterocycles. The molecule has 13 heteroatoms. The summed E-state index contributed by atoms with van der Waals surface area (Å²) in [5, 5.41) is 51.5. The zero-order valence-corrected chi connectivity index (χ0v) is 15.0. The van der Waals surface area contributed by atoms with Crippen molar-refractivity contribution in [2.75, 3.05) is 6.61 Å². The fraction of sp³-hybridized carbons (Fsp3) is 0.917. The second-order valence-corrected chi connectivity index (χ2v) is 7.63. The van der Waals surface area contributed by atoms with Crippen LogP contribution in [0.5, 0.6) is 0 Å². The quantitative estimate of drug-likeness (QED) is 0.116. The fourth-order valence-electron chi connectivity index (χ4n) is 2.13. The van der Waals surface area contributed by atoms with Crippen molar-refractivity contribution in [2.24, 2.45) is 5.16 Å². The van der Waals surface area contributed by atoms with E-state index in [0.717, 1.165) is 0 Å². The predicted molar refractivity (Wildman–Crippen MR) is 87.0 cm³/mol. The highest BCUT2D eigenvalue weighted by Crippen LogP contribution is 2.30. The maximum Gasteiger partial charge on any atom is 0.466 e. The van der Waals surface area contributed by atoms with E-state index in [4.69, 9.17) is 14.4 Å². The van der Waals surface area contributed by atoms with Crippen LogP contribution in [0.4, 0.5) is 0 Å². The van der Waals surface area contributed by atoms with Crippen molar-refractivity contribution in [1.29, 1.82) is 0 Å². The average Bonchev–Trinajstić information content (AvgIpc) is 2.52. The first-order valence-electron chi connectivity index (χ1n) is 7.47. The number of oxime groups is 1. The molecule has 1 saturated heterocycles. The standard InChI is InChI=1S/C12H23NO10S2/c1-2-3-6(15)4-8(13-23-25(19,20)21)24-12-11(18)10(17)9(16)7(5-14)22-12/h6-7,9-12,14-18H,2-5H2,1H3,(H,19,20,21)/t6?,7-,9-,10+,11-,12+/m1/s1. The lowest BCUT2D eigenvalue weighted by Crippen LogP contribution is -2.57. The van der Waals surface area contributed by atoms with Crippen LogP contribution in [-0.2, 0) is 19.4 Å². The third-order valence-electron chi connectivity index (χ3n) is 3.37. The van der Waals surface area contributed by atoms with Gasteiger partial charge in [-0.05, 0) is 6.42 Å². The van der Waals surface area contributed by atoms with Crippen LogP contribution >= 0.6 is 11.8 Å². The van der Waals surface area contributed by atoms with Crippen molar-refractivity contribution < 1.29 is 47.5 Å². The van der Waals surface area contributed by atoms with E-state index in [-0.39, 0.29) is 11.5 Å². The van der Waals surface area contributed by atoms with Crippen LogP contribution in [-0.4, -0.2) is 86.1 Å². The number of aliphatic hydroxyl groups excluding tert-OH is 5. The Kier molecular flexibility index (Phi) is 9.00. The van der Waals surface area contributed by atoms with Gasteiger partial charge in [-0.3, -0.25) is 4.55 Å². The lowest BCUT2D eigenvalue weighted by molar-refractivity contribution is -0.205. The molecule has 0 aromatic carbocycles. The molecule has 6 N–H and O–H groups in total. The second-order valence-electron chi connectivity index (χ2n) is 5.45. The summed E-state index contributed by atoms with van der Waals surface area (Å²) < 4.78 is 39.1.